The van der Waals surface area contributed by atoms with Crippen LogP contribution in [0.4, 0.5) is 17.1 Å². The van der Waals surface area contributed by atoms with E-state index < -0.39 is 21.0 Å². The summed E-state index contributed by atoms with van der Waals surface area (Å²) in [5.41, 5.74) is 2.64. The minimum absolute atomic E-state index is 0.0483. The number of aromatic hydroxyl groups is 1. The number of carbonyl (C=O) groups is 1. The largest absolute Gasteiger partial charge is 0.506 e. The second-order valence-electron chi connectivity index (χ2n) is 9.30. The van der Waals surface area contributed by atoms with Gasteiger partial charge in [-0.15, -0.1) is 5.10 Å². The first-order chi connectivity index (χ1) is 20.1. The number of sulfone groups is 1. The lowest BCUT2D eigenvalue weighted by molar-refractivity contribution is -0.115. The Hall–Kier alpha value is -4.39. The maximum absolute atomic E-state index is 13.3. The van der Waals surface area contributed by atoms with Gasteiger partial charge in [0.15, 0.2) is 9.84 Å². The molecule has 0 saturated carbocycles. The van der Waals surface area contributed by atoms with Crippen molar-refractivity contribution in [2.75, 3.05) is 10.6 Å². The summed E-state index contributed by atoms with van der Waals surface area (Å²) in [6.07, 6.45) is 0. The summed E-state index contributed by atoms with van der Waals surface area (Å²) < 4.78 is 28.0. The Morgan fingerprint density at radius 1 is 0.976 bits per heavy atom. The average Bonchev–Trinajstić information content (AvgIpc) is 3.44. The van der Waals surface area contributed by atoms with E-state index in [0.717, 1.165) is 17.3 Å². The van der Waals surface area contributed by atoms with Crippen LogP contribution in [0.2, 0.25) is 5.02 Å². The van der Waals surface area contributed by atoms with Crippen LogP contribution < -0.4 is 10.6 Å². The smallest absolute Gasteiger partial charge is 0.242 e. The Bertz CT molecular complexity index is 1850. The molecule has 1 aromatic heterocycles. The quantitative estimate of drug-likeness (QED) is 0.169. The van der Waals surface area contributed by atoms with Crippen molar-refractivity contribution in [3.63, 3.8) is 0 Å². The number of nitrogens with one attached hydrogen (secondary N) is 2. The summed E-state index contributed by atoms with van der Waals surface area (Å²) in [7, 11) is -3.99. The normalized spacial score (nSPS) is 12.1. The Labute approximate surface area is 251 Å². The van der Waals surface area contributed by atoms with Crippen molar-refractivity contribution in [2.45, 2.75) is 34.0 Å². The van der Waals surface area contributed by atoms with Crippen LogP contribution in [-0.4, -0.2) is 44.9 Å². The number of hydrogen-bond donors (Lipinski definition) is 3. The fourth-order valence-electron chi connectivity index (χ4n) is 3.98. The molecule has 42 heavy (non-hydrogen) atoms. The molecule has 1 atom stereocenters. The molecular weight excluding hydrogens is 596 g/mol. The number of halogens is 1. The van der Waals surface area contributed by atoms with E-state index in [4.69, 9.17) is 11.6 Å². The summed E-state index contributed by atoms with van der Waals surface area (Å²) in [6.45, 7) is 3.10. The van der Waals surface area contributed by atoms with Crippen molar-refractivity contribution in [3.05, 3.63) is 102 Å². The van der Waals surface area contributed by atoms with Gasteiger partial charge >= 0.3 is 0 Å². The lowest BCUT2D eigenvalue weighted by Gasteiger charge is -2.18. The highest BCUT2D eigenvalue weighted by atomic mass is 35.5. The molecule has 0 spiro atoms. The molecule has 5 aromatic rings. The van der Waals surface area contributed by atoms with Gasteiger partial charge in [0.2, 0.25) is 11.1 Å². The summed E-state index contributed by atoms with van der Waals surface area (Å²) >= 11 is 7.13. The van der Waals surface area contributed by atoms with Crippen LogP contribution in [0.25, 0.3) is 5.69 Å². The van der Waals surface area contributed by atoms with E-state index in [-0.39, 0.29) is 16.3 Å². The number of tetrazole rings is 1. The number of rotatable bonds is 9. The molecule has 0 saturated heterocycles. The minimum Gasteiger partial charge on any atom is -0.506 e. The fourth-order valence-corrected chi connectivity index (χ4v) is 6.38. The maximum atomic E-state index is 13.3. The van der Waals surface area contributed by atoms with Gasteiger partial charge in [-0.2, -0.15) is 4.68 Å². The van der Waals surface area contributed by atoms with E-state index >= 15 is 0 Å². The maximum Gasteiger partial charge on any atom is 0.242 e. The summed E-state index contributed by atoms with van der Waals surface area (Å²) in [5.74, 6) is -0.944. The van der Waals surface area contributed by atoms with Crippen LogP contribution >= 0.6 is 23.4 Å². The van der Waals surface area contributed by atoms with Crippen LogP contribution in [-0.2, 0) is 14.6 Å². The van der Waals surface area contributed by atoms with Gasteiger partial charge in [0.25, 0.3) is 0 Å². The van der Waals surface area contributed by atoms with E-state index in [1.165, 1.54) is 29.8 Å². The van der Waals surface area contributed by atoms with Gasteiger partial charge in [-0.25, -0.2) is 8.42 Å². The van der Waals surface area contributed by atoms with E-state index in [0.29, 0.717) is 32.1 Å². The van der Waals surface area contributed by atoms with Crippen LogP contribution in [0.1, 0.15) is 12.5 Å². The lowest BCUT2D eigenvalue weighted by atomic mass is 10.2. The third-order valence-electron chi connectivity index (χ3n) is 6.27. The first kappa shape index (κ1) is 29.1. The molecule has 4 aromatic carbocycles. The molecule has 1 unspecified atom stereocenters. The van der Waals surface area contributed by atoms with Crippen molar-refractivity contribution in [3.8, 4) is 11.4 Å². The first-order valence-electron chi connectivity index (χ1n) is 12.6. The number of hydrogen-bond acceptors (Lipinski definition) is 9. The molecule has 0 bridgehead atoms. The predicted octanol–water partition coefficient (Wildman–Crippen LogP) is 6.03. The number of benzene rings is 4. The highest BCUT2D eigenvalue weighted by Crippen LogP contribution is 2.40. The van der Waals surface area contributed by atoms with Gasteiger partial charge in [0.1, 0.15) is 11.0 Å². The molecule has 214 valence electrons. The summed E-state index contributed by atoms with van der Waals surface area (Å²) in [5, 5.41) is 28.3. The van der Waals surface area contributed by atoms with Crippen LogP contribution in [0, 0.1) is 6.92 Å². The highest BCUT2D eigenvalue weighted by Gasteiger charge is 2.31. The van der Waals surface area contributed by atoms with E-state index in [1.54, 1.807) is 49.4 Å². The standard InChI is InChI=1S/C29H25ClN6O4S2/c1-18-7-6-10-23(15-18)42(39,40)19(2)28(38)32-25-16-26(37)24(31-21-13-11-20(30)12-14-21)17-27(25)41-29-33-34-35-36(29)22-8-4-3-5-9-22/h3-17,19,31,37H,1-2H3,(H,32,38). The molecule has 3 N–H and O–H groups in total. The molecule has 0 radical (unpaired) electrons. The van der Waals surface area contributed by atoms with E-state index in [9.17, 15) is 18.3 Å². The van der Waals surface area contributed by atoms with Gasteiger partial charge in [-0.05, 0) is 96.2 Å². The highest BCUT2D eigenvalue weighted by molar-refractivity contribution is 7.99. The number of phenolic OH excluding ortho intramolecular Hbond substituents is 1. The molecule has 10 nitrogen and oxygen atoms in total. The molecule has 0 fully saturated rings. The zero-order chi connectivity index (χ0) is 29.9. The molecule has 5 rings (SSSR count). The van der Waals surface area contributed by atoms with Crippen molar-refractivity contribution >= 4 is 56.2 Å². The van der Waals surface area contributed by atoms with Gasteiger partial charge in [0.05, 0.1) is 22.0 Å². The monoisotopic (exact) mass is 620 g/mol. The third kappa shape index (κ3) is 6.40. The number of aryl methyl sites for hydroxylation is 1. The zero-order valence-corrected chi connectivity index (χ0v) is 24.8. The molecule has 0 aliphatic carbocycles. The van der Waals surface area contributed by atoms with Crippen LogP contribution in [0.3, 0.4) is 0 Å². The van der Waals surface area contributed by atoms with Crippen molar-refractivity contribution < 1.29 is 18.3 Å². The molecule has 0 aliphatic heterocycles. The van der Waals surface area contributed by atoms with Crippen LogP contribution in [0.15, 0.2) is 106 Å². The van der Waals surface area contributed by atoms with Crippen LogP contribution in [0.5, 0.6) is 5.75 Å². The van der Waals surface area contributed by atoms with Gasteiger partial charge in [-0.3, -0.25) is 4.79 Å². The fraction of sp³-hybridized carbons (Fsp3) is 0.103. The van der Waals surface area contributed by atoms with Crippen molar-refractivity contribution in [2.24, 2.45) is 0 Å². The topological polar surface area (TPSA) is 139 Å². The number of amides is 1. The first-order valence-corrected chi connectivity index (χ1v) is 15.4. The summed E-state index contributed by atoms with van der Waals surface area (Å²) in [4.78, 5) is 13.8. The van der Waals surface area contributed by atoms with Gasteiger partial charge in [-0.1, -0.05) is 41.9 Å². The number of phenols is 1. The van der Waals surface area contributed by atoms with E-state index in [1.807, 2.05) is 30.3 Å². The minimum atomic E-state index is -3.99. The van der Waals surface area contributed by atoms with E-state index in [2.05, 4.69) is 26.2 Å². The number of aromatic nitrogens is 4. The summed E-state index contributed by atoms with van der Waals surface area (Å²) in [6, 6.07) is 25.5. The molecule has 1 heterocycles. The second-order valence-corrected chi connectivity index (χ2v) is 13.0. The Morgan fingerprint density at radius 3 is 2.43 bits per heavy atom. The van der Waals surface area contributed by atoms with Crippen molar-refractivity contribution in [1.82, 2.24) is 20.2 Å². The Morgan fingerprint density at radius 2 is 1.71 bits per heavy atom. The molecule has 1 amide bonds. The molecule has 13 heteroatoms. The zero-order valence-electron chi connectivity index (χ0n) is 22.4. The Kier molecular flexibility index (Phi) is 8.48. The van der Waals surface area contributed by atoms with Gasteiger partial charge in [0, 0.05) is 21.7 Å². The lowest BCUT2D eigenvalue weighted by Crippen LogP contribution is -2.32. The number of carbonyl (C=O) groups excluding carboxylic acids is 1. The SMILES string of the molecule is Cc1cccc(S(=O)(=O)C(C)C(=O)Nc2cc(O)c(Nc3ccc(Cl)cc3)cc2Sc2nnnn2-c2ccccc2)c1. The predicted molar refractivity (Wildman–Crippen MR) is 163 cm³/mol. The second kappa shape index (κ2) is 12.2. The third-order valence-corrected chi connectivity index (χ3v) is 9.58. The number of anilines is 3. The van der Waals surface area contributed by atoms with Gasteiger partial charge < -0.3 is 15.7 Å². The molecular formula is C29H25ClN6O4S2. The molecule has 0 aliphatic rings. The number of nitrogens with zero attached hydrogens (tertiary/aromatic N) is 4. The number of para-hydroxylation sites is 1. The van der Waals surface area contributed by atoms with Crippen molar-refractivity contribution in [1.29, 1.82) is 0 Å². The average molecular weight is 621 g/mol. The Balaban J connectivity index is 1.50.